The zero-order chi connectivity index (χ0) is 11.5. The third kappa shape index (κ3) is 3.35. The number of hydrogen-bond acceptors (Lipinski definition) is 4. The standard InChI is InChI=1S/C8H10F3N3O/c1-5(8(9,10)11)15-7-2-6(3-12)13-4-14-7/h2,4-5H,3,12H2,1H3/t5-/m0/s1. The zero-order valence-corrected chi connectivity index (χ0v) is 7.95. The minimum absolute atomic E-state index is 0.124. The molecule has 1 atom stereocenters. The quantitative estimate of drug-likeness (QED) is 0.834. The second-order valence-corrected chi connectivity index (χ2v) is 2.85. The lowest BCUT2D eigenvalue weighted by Crippen LogP contribution is -2.31. The molecule has 1 aromatic heterocycles. The maximum atomic E-state index is 12.1. The zero-order valence-electron chi connectivity index (χ0n) is 7.95. The first-order valence-electron chi connectivity index (χ1n) is 4.18. The Kier molecular flexibility index (Phi) is 3.46. The van der Waals surface area contributed by atoms with Crippen molar-refractivity contribution < 1.29 is 17.9 Å². The van der Waals surface area contributed by atoms with Crippen molar-refractivity contribution in [2.45, 2.75) is 25.7 Å². The van der Waals surface area contributed by atoms with Gasteiger partial charge in [-0.2, -0.15) is 13.2 Å². The fourth-order valence-corrected chi connectivity index (χ4v) is 0.801. The Morgan fingerprint density at radius 1 is 1.47 bits per heavy atom. The van der Waals surface area contributed by atoms with Crippen molar-refractivity contribution in [1.29, 1.82) is 0 Å². The van der Waals surface area contributed by atoms with Crippen molar-refractivity contribution in [3.05, 3.63) is 18.1 Å². The Balaban J connectivity index is 2.72. The molecule has 15 heavy (non-hydrogen) atoms. The highest BCUT2D eigenvalue weighted by atomic mass is 19.4. The van der Waals surface area contributed by atoms with Gasteiger partial charge in [-0.1, -0.05) is 0 Å². The summed E-state index contributed by atoms with van der Waals surface area (Å²) in [7, 11) is 0. The molecule has 7 heteroatoms. The summed E-state index contributed by atoms with van der Waals surface area (Å²) in [6, 6.07) is 1.28. The van der Waals surface area contributed by atoms with Crippen LogP contribution in [0.3, 0.4) is 0 Å². The van der Waals surface area contributed by atoms with Crippen LogP contribution >= 0.6 is 0 Å². The number of nitrogens with zero attached hydrogens (tertiary/aromatic N) is 2. The predicted molar refractivity (Wildman–Crippen MR) is 46.1 cm³/mol. The lowest BCUT2D eigenvalue weighted by molar-refractivity contribution is -0.190. The lowest BCUT2D eigenvalue weighted by atomic mass is 10.4. The van der Waals surface area contributed by atoms with E-state index in [1.54, 1.807) is 0 Å². The van der Waals surface area contributed by atoms with Gasteiger partial charge in [-0.25, -0.2) is 9.97 Å². The Bertz CT molecular complexity index is 329. The van der Waals surface area contributed by atoms with Crippen LogP contribution in [0.25, 0.3) is 0 Å². The van der Waals surface area contributed by atoms with Gasteiger partial charge in [0.25, 0.3) is 0 Å². The highest BCUT2D eigenvalue weighted by molar-refractivity contribution is 5.13. The first kappa shape index (κ1) is 11.7. The largest absolute Gasteiger partial charge is 0.465 e. The molecule has 0 saturated heterocycles. The van der Waals surface area contributed by atoms with Crippen LogP contribution in [0.15, 0.2) is 12.4 Å². The summed E-state index contributed by atoms with van der Waals surface area (Å²) in [6.45, 7) is 1.03. The number of ether oxygens (including phenoxy) is 1. The van der Waals surface area contributed by atoms with Crippen LogP contribution in [-0.4, -0.2) is 22.2 Å². The minimum Gasteiger partial charge on any atom is -0.465 e. The molecule has 4 nitrogen and oxygen atoms in total. The molecule has 0 aliphatic carbocycles. The first-order chi connectivity index (χ1) is 6.93. The Labute approximate surface area is 84.3 Å². The normalized spacial score (nSPS) is 13.7. The van der Waals surface area contributed by atoms with Crippen molar-refractivity contribution >= 4 is 0 Å². The highest BCUT2D eigenvalue weighted by Gasteiger charge is 2.38. The van der Waals surface area contributed by atoms with Crippen molar-refractivity contribution in [1.82, 2.24) is 9.97 Å². The van der Waals surface area contributed by atoms with Gasteiger partial charge in [0.15, 0.2) is 6.10 Å². The smallest absolute Gasteiger partial charge is 0.425 e. The molecule has 2 N–H and O–H groups in total. The maximum Gasteiger partial charge on any atom is 0.425 e. The molecular weight excluding hydrogens is 211 g/mol. The fourth-order valence-electron chi connectivity index (χ4n) is 0.801. The molecule has 0 fully saturated rings. The highest BCUT2D eigenvalue weighted by Crippen LogP contribution is 2.23. The summed E-state index contributed by atoms with van der Waals surface area (Å²) in [5.41, 5.74) is 5.69. The van der Waals surface area contributed by atoms with Gasteiger partial charge in [-0.15, -0.1) is 0 Å². The van der Waals surface area contributed by atoms with Crippen LogP contribution in [-0.2, 0) is 6.54 Å². The summed E-state index contributed by atoms with van der Waals surface area (Å²) in [6.07, 6.45) is -5.20. The summed E-state index contributed by atoms with van der Waals surface area (Å²) >= 11 is 0. The molecule has 0 aliphatic rings. The summed E-state index contributed by atoms with van der Waals surface area (Å²) in [4.78, 5) is 7.28. The molecule has 0 aromatic carbocycles. The Hall–Kier alpha value is -1.37. The second-order valence-electron chi connectivity index (χ2n) is 2.85. The molecule has 0 amide bonds. The van der Waals surface area contributed by atoms with Crippen LogP contribution in [0.4, 0.5) is 13.2 Å². The average molecular weight is 221 g/mol. The number of hydrogen-bond donors (Lipinski definition) is 1. The van der Waals surface area contributed by atoms with Crippen molar-refractivity contribution in [3.63, 3.8) is 0 Å². The second kappa shape index (κ2) is 4.43. The molecule has 0 unspecified atom stereocenters. The van der Waals surface area contributed by atoms with Crippen LogP contribution in [0, 0.1) is 0 Å². The maximum absolute atomic E-state index is 12.1. The van der Waals surface area contributed by atoms with E-state index in [0.29, 0.717) is 5.69 Å². The third-order valence-corrected chi connectivity index (χ3v) is 1.67. The lowest BCUT2D eigenvalue weighted by Gasteiger charge is -2.16. The van der Waals surface area contributed by atoms with Crippen molar-refractivity contribution in [2.24, 2.45) is 5.73 Å². The van der Waals surface area contributed by atoms with E-state index in [1.807, 2.05) is 0 Å². The number of halogens is 3. The summed E-state index contributed by atoms with van der Waals surface area (Å²) in [5.74, 6) is -0.129. The van der Waals surface area contributed by atoms with E-state index in [0.717, 1.165) is 13.3 Å². The molecule has 84 valence electrons. The van der Waals surface area contributed by atoms with E-state index < -0.39 is 12.3 Å². The summed E-state index contributed by atoms with van der Waals surface area (Å²) in [5, 5.41) is 0. The molecule has 0 spiro atoms. The van der Waals surface area contributed by atoms with Gasteiger partial charge in [0, 0.05) is 12.6 Å². The van der Waals surface area contributed by atoms with Crippen LogP contribution < -0.4 is 10.5 Å². The van der Waals surface area contributed by atoms with E-state index in [2.05, 4.69) is 14.7 Å². The van der Waals surface area contributed by atoms with Gasteiger partial charge in [0.05, 0.1) is 5.69 Å². The third-order valence-electron chi connectivity index (χ3n) is 1.67. The van der Waals surface area contributed by atoms with Crippen LogP contribution in [0.5, 0.6) is 5.88 Å². The number of alkyl halides is 3. The summed E-state index contributed by atoms with van der Waals surface area (Å²) < 4.78 is 41.0. The van der Waals surface area contributed by atoms with E-state index >= 15 is 0 Å². The average Bonchev–Trinajstić information content (AvgIpc) is 2.16. The molecule has 1 rings (SSSR count). The monoisotopic (exact) mass is 221 g/mol. The van der Waals surface area contributed by atoms with E-state index in [-0.39, 0.29) is 12.4 Å². The number of aromatic nitrogens is 2. The Morgan fingerprint density at radius 3 is 2.67 bits per heavy atom. The number of rotatable bonds is 3. The van der Waals surface area contributed by atoms with Gasteiger partial charge in [-0.05, 0) is 6.92 Å². The van der Waals surface area contributed by atoms with Crippen molar-refractivity contribution in [3.8, 4) is 5.88 Å². The molecule has 0 aliphatic heterocycles. The fraction of sp³-hybridized carbons (Fsp3) is 0.500. The van der Waals surface area contributed by atoms with Gasteiger partial charge < -0.3 is 10.5 Å². The molecule has 0 saturated carbocycles. The molecule has 1 aromatic rings. The van der Waals surface area contributed by atoms with Crippen LogP contribution in [0.1, 0.15) is 12.6 Å². The number of nitrogens with two attached hydrogens (primary N) is 1. The van der Waals surface area contributed by atoms with E-state index in [4.69, 9.17) is 5.73 Å². The first-order valence-corrected chi connectivity index (χ1v) is 4.18. The van der Waals surface area contributed by atoms with Crippen molar-refractivity contribution in [2.75, 3.05) is 0 Å². The molecule has 0 radical (unpaired) electrons. The van der Waals surface area contributed by atoms with Crippen LogP contribution in [0.2, 0.25) is 0 Å². The topological polar surface area (TPSA) is 61.0 Å². The predicted octanol–water partition coefficient (Wildman–Crippen LogP) is 1.26. The van der Waals surface area contributed by atoms with E-state index in [9.17, 15) is 13.2 Å². The van der Waals surface area contributed by atoms with E-state index in [1.165, 1.54) is 6.07 Å². The minimum atomic E-state index is -4.41. The SMILES string of the molecule is C[C@H](Oc1cc(CN)ncn1)C(F)(F)F. The van der Waals surface area contributed by atoms with Gasteiger partial charge in [0.2, 0.25) is 5.88 Å². The molecular formula is C8H10F3N3O. The Morgan fingerprint density at radius 2 is 2.13 bits per heavy atom. The van der Waals surface area contributed by atoms with Gasteiger partial charge in [-0.3, -0.25) is 0 Å². The van der Waals surface area contributed by atoms with Gasteiger partial charge in [0.1, 0.15) is 6.33 Å². The molecule has 1 heterocycles. The van der Waals surface area contributed by atoms with Gasteiger partial charge >= 0.3 is 6.18 Å². The molecule has 0 bridgehead atoms.